The SMILES string of the molecule is CC(=O)OOC(C)(C)C.O=C(c1ccccc1)c1ccccc1[N+](=O)[O-]. The molecule has 0 saturated heterocycles. The third-order valence-corrected chi connectivity index (χ3v) is 2.79. The van der Waals surface area contributed by atoms with Crippen LogP contribution in [0.2, 0.25) is 0 Å². The molecule has 0 heterocycles. The Balaban J connectivity index is 0.000000321. The number of carbonyl (C=O) groups excluding carboxylic acids is 2. The van der Waals surface area contributed by atoms with Gasteiger partial charge in [0.05, 0.1) is 4.92 Å². The third-order valence-electron chi connectivity index (χ3n) is 2.79. The second kappa shape index (κ2) is 9.43. The van der Waals surface area contributed by atoms with E-state index < -0.39 is 16.5 Å². The van der Waals surface area contributed by atoms with E-state index >= 15 is 0 Å². The van der Waals surface area contributed by atoms with Crippen LogP contribution in [0.25, 0.3) is 0 Å². The Morgan fingerprint density at radius 2 is 1.50 bits per heavy atom. The number of hydrogen-bond acceptors (Lipinski definition) is 6. The van der Waals surface area contributed by atoms with Crippen LogP contribution < -0.4 is 0 Å². The fourth-order valence-electron chi connectivity index (χ4n) is 1.75. The minimum absolute atomic E-state index is 0.115. The van der Waals surface area contributed by atoms with Crippen LogP contribution in [0, 0.1) is 10.1 Å². The predicted octanol–water partition coefficient (Wildman–Crippen LogP) is 4.11. The molecule has 0 N–H and O–H groups in total. The second-order valence-corrected chi connectivity index (χ2v) is 6.24. The van der Waals surface area contributed by atoms with Crippen LogP contribution >= 0.6 is 0 Å². The summed E-state index contributed by atoms with van der Waals surface area (Å²) < 4.78 is 0. The van der Waals surface area contributed by atoms with Gasteiger partial charge in [0, 0.05) is 18.6 Å². The largest absolute Gasteiger partial charge is 0.339 e. The maximum absolute atomic E-state index is 12.1. The lowest BCUT2D eigenvalue weighted by Gasteiger charge is -2.15. The topological polar surface area (TPSA) is 95.7 Å². The molecule has 26 heavy (non-hydrogen) atoms. The first kappa shape index (κ1) is 21.0. The highest BCUT2D eigenvalue weighted by Crippen LogP contribution is 2.20. The van der Waals surface area contributed by atoms with Crippen LogP contribution in [0.4, 0.5) is 5.69 Å². The van der Waals surface area contributed by atoms with Crippen molar-refractivity contribution in [3.63, 3.8) is 0 Å². The molecular weight excluding hydrogens is 338 g/mol. The summed E-state index contributed by atoms with van der Waals surface area (Å²) in [5, 5.41) is 10.8. The van der Waals surface area contributed by atoms with E-state index in [0.717, 1.165) is 0 Å². The first-order chi connectivity index (χ1) is 12.1. The summed E-state index contributed by atoms with van der Waals surface area (Å²) in [5.41, 5.74) is -0.0158. The lowest BCUT2D eigenvalue weighted by molar-refractivity contribution is -0.385. The van der Waals surface area contributed by atoms with Crippen molar-refractivity contribution >= 4 is 17.4 Å². The van der Waals surface area contributed by atoms with Crippen molar-refractivity contribution in [2.75, 3.05) is 0 Å². The molecule has 0 atom stereocenters. The van der Waals surface area contributed by atoms with E-state index in [1.807, 2.05) is 0 Å². The van der Waals surface area contributed by atoms with Gasteiger partial charge in [-0.2, -0.15) is 4.89 Å². The molecule has 0 bridgehead atoms. The summed E-state index contributed by atoms with van der Waals surface area (Å²) in [6.45, 7) is 6.70. The molecule has 0 aliphatic rings. The monoisotopic (exact) mass is 359 g/mol. The first-order valence-corrected chi connectivity index (χ1v) is 7.81. The molecule has 7 nitrogen and oxygen atoms in total. The molecule has 0 aliphatic heterocycles. The second-order valence-electron chi connectivity index (χ2n) is 6.24. The maximum Gasteiger partial charge on any atom is 0.339 e. The van der Waals surface area contributed by atoms with E-state index in [9.17, 15) is 19.7 Å². The summed E-state index contributed by atoms with van der Waals surface area (Å²) in [6, 6.07) is 14.5. The lowest BCUT2D eigenvalue weighted by Crippen LogP contribution is -2.20. The van der Waals surface area contributed by atoms with Crippen LogP contribution in [-0.2, 0) is 14.6 Å². The number of hydrogen-bond donors (Lipinski definition) is 0. The Kier molecular flexibility index (Phi) is 7.61. The van der Waals surface area contributed by atoms with Gasteiger partial charge in [-0.1, -0.05) is 42.5 Å². The Labute approximate surface area is 151 Å². The number of rotatable bonds is 4. The van der Waals surface area contributed by atoms with E-state index in [0.29, 0.717) is 5.56 Å². The standard InChI is InChI=1S/C13H9NO3.C6H12O3/c15-13(10-6-2-1-3-7-10)11-8-4-5-9-12(11)14(16)17;1-5(7)8-9-6(2,3)4/h1-9H;1-4H3. The average molecular weight is 359 g/mol. The highest BCUT2D eigenvalue weighted by Gasteiger charge is 2.19. The van der Waals surface area contributed by atoms with Crippen molar-refractivity contribution in [3.8, 4) is 0 Å². The predicted molar refractivity (Wildman–Crippen MR) is 95.6 cm³/mol. The lowest BCUT2D eigenvalue weighted by atomic mass is 10.0. The van der Waals surface area contributed by atoms with Crippen LogP contribution in [0.15, 0.2) is 54.6 Å². The Hall–Kier alpha value is -3.06. The number of nitrogens with zero attached hydrogens (tertiary/aromatic N) is 1. The van der Waals surface area contributed by atoms with Gasteiger partial charge in [-0.05, 0) is 26.8 Å². The zero-order valence-corrected chi connectivity index (χ0v) is 15.1. The zero-order chi connectivity index (χ0) is 19.7. The van der Waals surface area contributed by atoms with Crippen molar-refractivity contribution < 1.29 is 24.3 Å². The van der Waals surface area contributed by atoms with Gasteiger partial charge in [0.25, 0.3) is 5.69 Å². The van der Waals surface area contributed by atoms with E-state index in [1.165, 1.54) is 19.1 Å². The number of benzene rings is 2. The minimum Gasteiger partial charge on any atom is -0.298 e. The highest BCUT2D eigenvalue weighted by atomic mass is 17.2. The number of nitro groups is 1. The number of ketones is 1. The van der Waals surface area contributed by atoms with Gasteiger partial charge >= 0.3 is 5.97 Å². The molecule has 2 rings (SSSR count). The number of para-hydroxylation sites is 1. The van der Waals surface area contributed by atoms with E-state index in [2.05, 4.69) is 9.78 Å². The molecule has 0 amide bonds. The van der Waals surface area contributed by atoms with Crippen LogP contribution in [-0.4, -0.2) is 22.3 Å². The molecule has 2 aromatic carbocycles. The molecule has 2 aromatic rings. The third kappa shape index (κ3) is 7.23. The quantitative estimate of drug-likeness (QED) is 0.353. The molecule has 138 valence electrons. The number of nitro benzene ring substituents is 1. The Bertz CT molecular complexity index is 765. The fraction of sp³-hybridized carbons (Fsp3) is 0.263. The van der Waals surface area contributed by atoms with Gasteiger partial charge in [0.2, 0.25) is 0 Å². The van der Waals surface area contributed by atoms with E-state index in [-0.39, 0.29) is 17.0 Å². The Morgan fingerprint density at radius 1 is 0.962 bits per heavy atom. The van der Waals surface area contributed by atoms with E-state index in [1.54, 1.807) is 63.2 Å². The molecule has 0 aromatic heterocycles. The molecule has 0 spiro atoms. The molecule has 0 radical (unpaired) electrons. The highest BCUT2D eigenvalue weighted by molar-refractivity contribution is 6.11. The molecule has 0 aliphatic carbocycles. The molecule has 0 saturated carbocycles. The van der Waals surface area contributed by atoms with Gasteiger partial charge in [0.15, 0.2) is 5.78 Å². The fourth-order valence-corrected chi connectivity index (χ4v) is 1.75. The van der Waals surface area contributed by atoms with Crippen LogP contribution in [0.3, 0.4) is 0 Å². The van der Waals surface area contributed by atoms with Crippen molar-refractivity contribution in [1.82, 2.24) is 0 Å². The van der Waals surface area contributed by atoms with Gasteiger partial charge in [-0.25, -0.2) is 4.79 Å². The van der Waals surface area contributed by atoms with Crippen molar-refractivity contribution in [1.29, 1.82) is 0 Å². The number of carbonyl (C=O) groups is 2. The molecule has 0 unspecified atom stereocenters. The summed E-state index contributed by atoms with van der Waals surface area (Å²) in [6.07, 6.45) is 0. The minimum atomic E-state index is -0.545. The van der Waals surface area contributed by atoms with Crippen molar-refractivity contribution in [3.05, 3.63) is 75.8 Å². The van der Waals surface area contributed by atoms with Crippen LogP contribution in [0.5, 0.6) is 0 Å². The van der Waals surface area contributed by atoms with Crippen molar-refractivity contribution in [2.45, 2.75) is 33.3 Å². The summed E-state index contributed by atoms with van der Waals surface area (Å²) in [7, 11) is 0. The van der Waals surface area contributed by atoms with Gasteiger partial charge < -0.3 is 0 Å². The first-order valence-electron chi connectivity index (χ1n) is 7.81. The van der Waals surface area contributed by atoms with Gasteiger partial charge in [0.1, 0.15) is 11.2 Å². The summed E-state index contributed by atoms with van der Waals surface area (Å²) in [5.74, 6) is -0.761. The van der Waals surface area contributed by atoms with E-state index in [4.69, 9.17) is 0 Å². The van der Waals surface area contributed by atoms with Crippen LogP contribution in [0.1, 0.15) is 43.6 Å². The summed E-state index contributed by atoms with van der Waals surface area (Å²) >= 11 is 0. The normalized spacial score (nSPS) is 10.3. The van der Waals surface area contributed by atoms with Gasteiger partial charge in [-0.3, -0.25) is 19.8 Å². The van der Waals surface area contributed by atoms with Gasteiger partial charge in [-0.15, -0.1) is 0 Å². The molecule has 7 heteroatoms. The van der Waals surface area contributed by atoms with Crippen molar-refractivity contribution in [2.24, 2.45) is 0 Å². The maximum atomic E-state index is 12.1. The Morgan fingerprint density at radius 3 is 1.96 bits per heavy atom. The smallest absolute Gasteiger partial charge is 0.298 e. The average Bonchev–Trinajstić information content (AvgIpc) is 2.60. The molecular formula is C19H21NO6. The summed E-state index contributed by atoms with van der Waals surface area (Å²) in [4.78, 5) is 41.4. The zero-order valence-electron chi connectivity index (χ0n) is 15.1. The molecule has 0 fully saturated rings.